The molecule has 0 spiro atoms. The van der Waals surface area contributed by atoms with Crippen LogP contribution in [0.25, 0.3) is 0 Å². The maximum absolute atomic E-state index is 11.4. The largest absolute Gasteiger partial charge is 0.387 e. The Hall–Kier alpha value is -0.260. The molecule has 0 aliphatic carbocycles. The number of nitrogens with one attached hydrogen (secondary N) is 1. The van der Waals surface area contributed by atoms with Gasteiger partial charge in [-0.1, -0.05) is 0 Å². The Kier molecular flexibility index (Phi) is 6.36. The zero-order valence-electron chi connectivity index (χ0n) is 10.8. The molecule has 1 amide bonds. The highest BCUT2D eigenvalue weighted by molar-refractivity contribution is 7.98. The summed E-state index contributed by atoms with van der Waals surface area (Å²) in [6, 6.07) is 0. The number of carbonyl (C=O) groups excluding carboxylic acids is 1. The molecule has 4 nitrogen and oxygen atoms in total. The van der Waals surface area contributed by atoms with Gasteiger partial charge < -0.3 is 15.2 Å². The summed E-state index contributed by atoms with van der Waals surface area (Å²) in [4.78, 5) is 11.4. The molecule has 2 N–H and O–H groups in total. The molecule has 0 aliphatic rings. The first-order chi connectivity index (χ1) is 7.16. The third-order valence-electron chi connectivity index (χ3n) is 1.76. The lowest BCUT2D eigenvalue weighted by atomic mass is 10.1. The molecular weight excluding hydrogens is 226 g/mol. The Balaban J connectivity index is 3.81. The van der Waals surface area contributed by atoms with Crippen LogP contribution in [0.2, 0.25) is 0 Å². The van der Waals surface area contributed by atoms with Gasteiger partial charge in [0.2, 0.25) is 5.91 Å². The highest BCUT2D eigenvalue weighted by Gasteiger charge is 2.21. The average molecular weight is 249 g/mol. The van der Waals surface area contributed by atoms with Gasteiger partial charge in [-0.25, -0.2) is 0 Å². The van der Waals surface area contributed by atoms with Crippen LogP contribution in [-0.4, -0.2) is 47.4 Å². The first-order valence-corrected chi connectivity index (χ1v) is 6.68. The predicted molar refractivity (Wildman–Crippen MR) is 67.7 cm³/mol. The Morgan fingerprint density at radius 3 is 2.38 bits per heavy atom. The van der Waals surface area contributed by atoms with Crippen molar-refractivity contribution in [3.05, 3.63) is 0 Å². The molecule has 0 bridgehead atoms. The van der Waals surface area contributed by atoms with Crippen LogP contribution in [0.15, 0.2) is 0 Å². The lowest BCUT2D eigenvalue weighted by Gasteiger charge is -2.23. The molecule has 0 aromatic carbocycles. The van der Waals surface area contributed by atoms with Crippen molar-refractivity contribution in [1.82, 2.24) is 5.32 Å². The lowest BCUT2D eigenvalue weighted by molar-refractivity contribution is -0.131. The second-order valence-electron chi connectivity index (χ2n) is 5.11. The molecule has 0 fully saturated rings. The number of thioether (sulfide) groups is 1. The van der Waals surface area contributed by atoms with Crippen LogP contribution >= 0.6 is 11.8 Å². The van der Waals surface area contributed by atoms with Crippen LogP contribution in [0.4, 0.5) is 0 Å². The highest BCUT2D eigenvalue weighted by atomic mass is 32.2. The normalized spacial score (nSPS) is 15.6. The number of hydrogen-bond acceptors (Lipinski definition) is 4. The quantitative estimate of drug-likeness (QED) is 0.738. The highest BCUT2D eigenvalue weighted by Crippen LogP contribution is 2.09. The Bertz CT molecular complexity index is 224. The number of hydrogen-bond donors (Lipinski definition) is 2. The fourth-order valence-electron chi connectivity index (χ4n) is 0.984. The van der Waals surface area contributed by atoms with Crippen LogP contribution in [-0.2, 0) is 9.53 Å². The first-order valence-electron chi connectivity index (χ1n) is 5.28. The molecule has 5 heteroatoms. The van der Waals surface area contributed by atoms with Crippen molar-refractivity contribution >= 4 is 17.7 Å². The fraction of sp³-hybridized carbons (Fsp3) is 0.909. The van der Waals surface area contributed by atoms with Gasteiger partial charge in [-0.2, -0.15) is 11.8 Å². The van der Waals surface area contributed by atoms with Crippen LogP contribution in [0, 0.1) is 0 Å². The smallest absolute Gasteiger partial charge is 0.246 e. The van der Waals surface area contributed by atoms with Crippen molar-refractivity contribution in [2.45, 2.75) is 38.9 Å². The summed E-state index contributed by atoms with van der Waals surface area (Å²) in [6.45, 7) is 7.66. The van der Waals surface area contributed by atoms with E-state index in [2.05, 4.69) is 5.32 Å². The molecule has 1 atom stereocenters. The molecule has 0 saturated heterocycles. The van der Waals surface area contributed by atoms with E-state index in [1.807, 2.05) is 27.0 Å². The Labute approximate surface area is 102 Å². The van der Waals surface area contributed by atoms with E-state index < -0.39 is 5.60 Å². The number of aliphatic hydroxyl groups is 1. The molecular formula is C11H23NO3S. The minimum Gasteiger partial charge on any atom is -0.387 e. The molecule has 0 heterocycles. The van der Waals surface area contributed by atoms with Crippen molar-refractivity contribution < 1.29 is 14.6 Å². The SMILES string of the molecule is CSCC(C)(O)CNC(=O)COC(C)(C)C. The van der Waals surface area contributed by atoms with E-state index in [9.17, 15) is 9.90 Å². The molecule has 0 aliphatic heterocycles. The monoisotopic (exact) mass is 249 g/mol. The summed E-state index contributed by atoms with van der Waals surface area (Å²) in [5.41, 5.74) is -1.18. The summed E-state index contributed by atoms with van der Waals surface area (Å²) in [5, 5.41) is 12.5. The molecule has 0 saturated carbocycles. The summed E-state index contributed by atoms with van der Waals surface area (Å²) in [7, 11) is 0. The molecule has 16 heavy (non-hydrogen) atoms. The third kappa shape index (κ3) is 9.00. The van der Waals surface area contributed by atoms with Gasteiger partial charge >= 0.3 is 0 Å². The van der Waals surface area contributed by atoms with Gasteiger partial charge in [0.15, 0.2) is 0 Å². The molecule has 0 rings (SSSR count). The molecule has 0 aromatic rings. The Morgan fingerprint density at radius 1 is 1.38 bits per heavy atom. The lowest BCUT2D eigenvalue weighted by Crippen LogP contribution is -2.44. The number of carbonyl (C=O) groups is 1. The van der Waals surface area contributed by atoms with Crippen LogP contribution in [0.1, 0.15) is 27.7 Å². The van der Waals surface area contributed by atoms with Crippen LogP contribution in [0.3, 0.4) is 0 Å². The van der Waals surface area contributed by atoms with E-state index in [1.165, 1.54) is 0 Å². The van der Waals surface area contributed by atoms with Crippen molar-refractivity contribution in [2.24, 2.45) is 0 Å². The number of ether oxygens (including phenoxy) is 1. The van der Waals surface area contributed by atoms with Gasteiger partial charge in [0.05, 0.1) is 11.2 Å². The van der Waals surface area contributed by atoms with E-state index in [0.29, 0.717) is 5.75 Å². The van der Waals surface area contributed by atoms with Gasteiger partial charge in [0.1, 0.15) is 6.61 Å². The fourth-order valence-corrected chi connectivity index (χ4v) is 1.71. The Morgan fingerprint density at radius 2 is 1.94 bits per heavy atom. The standard InChI is InChI=1S/C11H23NO3S/c1-10(2,3)15-6-9(13)12-7-11(4,14)8-16-5/h14H,6-8H2,1-5H3,(H,12,13). The second kappa shape index (κ2) is 6.47. The maximum Gasteiger partial charge on any atom is 0.246 e. The van der Waals surface area contributed by atoms with Crippen molar-refractivity contribution in [3.63, 3.8) is 0 Å². The summed E-state index contributed by atoms with van der Waals surface area (Å²) in [6.07, 6.45) is 1.92. The summed E-state index contributed by atoms with van der Waals surface area (Å²) < 4.78 is 5.32. The van der Waals surface area contributed by atoms with E-state index in [0.717, 1.165) is 0 Å². The molecule has 0 aromatic heterocycles. The van der Waals surface area contributed by atoms with Gasteiger partial charge in [-0.15, -0.1) is 0 Å². The zero-order valence-corrected chi connectivity index (χ0v) is 11.6. The van der Waals surface area contributed by atoms with Gasteiger partial charge in [-0.3, -0.25) is 4.79 Å². The van der Waals surface area contributed by atoms with E-state index in [-0.39, 0.29) is 24.7 Å². The first kappa shape index (κ1) is 15.7. The van der Waals surface area contributed by atoms with Gasteiger partial charge in [0.25, 0.3) is 0 Å². The van der Waals surface area contributed by atoms with Gasteiger partial charge in [-0.05, 0) is 34.0 Å². The summed E-state index contributed by atoms with van der Waals surface area (Å²) >= 11 is 1.55. The predicted octanol–water partition coefficient (Wildman–Crippen LogP) is 1.03. The summed E-state index contributed by atoms with van der Waals surface area (Å²) in [5.74, 6) is 0.393. The third-order valence-corrected chi connectivity index (χ3v) is 2.67. The van der Waals surface area contributed by atoms with Crippen molar-refractivity contribution in [2.75, 3.05) is 25.2 Å². The number of amides is 1. The van der Waals surface area contributed by atoms with Crippen molar-refractivity contribution in [3.8, 4) is 0 Å². The molecule has 0 radical (unpaired) electrons. The van der Waals surface area contributed by atoms with E-state index in [1.54, 1.807) is 18.7 Å². The second-order valence-corrected chi connectivity index (χ2v) is 5.97. The molecule has 96 valence electrons. The topological polar surface area (TPSA) is 58.6 Å². The van der Waals surface area contributed by atoms with E-state index >= 15 is 0 Å². The number of rotatable bonds is 6. The zero-order chi connectivity index (χ0) is 12.8. The van der Waals surface area contributed by atoms with E-state index in [4.69, 9.17) is 4.74 Å². The van der Waals surface area contributed by atoms with Crippen LogP contribution < -0.4 is 5.32 Å². The van der Waals surface area contributed by atoms with Crippen molar-refractivity contribution in [1.29, 1.82) is 0 Å². The minimum atomic E-state index is -0.864. The van der Waals surface area contributed by atoms with Crippen LogP contribution in [0.5, 0.6) is 0 Å². The minimum absolute atomic E-state index is 0.0266. The van der Waals surface area contributed by atoms with Gasteiger partial charge in [0, 0.05) is 12.3 Å². The molecule has 1 unspecified atom stereocenters. The average Bonchev–Trinajstić information content (AvgIpc) is 2.10. The maximum atomic E-state index is 11.4.